The molecular formula is C27H26N4O3. The van der Waals surface area contributed by atoms with Gasteiger partial charge in [-0.1, -0.05) is 42.5 Å². The van der Waals surface area contributed by atoms with E-state index in [9.17, 15) is 9.59 Å². The fourth-order valence-electron chi connectivity index (χ4n) is 3.62. The number of carbonyl (C=O) groups is 2. The molecule has 2 amide bonds. The van der Waals surface area contributed by atoms with Crippen molar-refractivity contribution in [3.8, 4) is 22.7 Å². The fourth-order valence-corrected chi connectivity index (χ4v) is 3.62. The van der Waals surface area contributed by atoms with Crippen molar-refractivity contribution in [1.82, 2.24) is 14.7 Å². The summed E-state index contributed by atoms with van der Waals surface area (Å²) in [5.41, 5.74) is 4.05. The number of methoxy groups -OCH3 is 1. The second-order valence-corrected chi connectivity index (χ2v) is 7.90. The maximum absolute atomic E-state index is 13.4. The van der Waals surface area contributed by atoms with Crippen molar-refractivity contribution < 1.29 is 14.3 Å². The Bertz CT molecular complexity index is 1310. The number of rotatable bonds is 7. The van der Waals surface area contributed by atoms with E-state index < -0.39 is 0 Å². The highest BCUT2D eigenvalue weighted by molar-refractivity contribution is 6.08. The third-order valence-electron chi connectivity index (χ3n) is 5.48. The minimum absolute atomic E-state index is 0.0239. The number of nitrogens with zero attached hydrogens (tertiary/aromatic N) is 3. The smallest absolute Gasteiger partial charge is 0.259 e. The van der Waals surface area contributed by atoms with Crippen LogP contribution in [-0.2, 0) is 11.3 Å². The van der Waals surface area contributed by atoms with Crippen LogP contribution >= 0.6 is 0 Å². The van der Waals surface area contributed by atoms with Crippen molar-refractivity contribution in [1.29, 1.82) is 0 Å². The van der Waals surface area contributed by atoms with Crippen molar-refractivity contribution in [3.63, 3.8) is 0 Å². The van der Waals surface area contributed by atoms with Crippen LogP contribution in [0.2, 0.25) is 0 Å². The highest BCUT2D eigenvalue weighted by Crippen LogP contribution is 2.32. The molecule has 0 aliphatic carbocycles. The molecule has 0 bridgehead atoms. The van der Waals surface area contributed by atoms with Gasteiger partial charge in [0.1, 0.15) is 11.4 Å². The normalized spacial score (nSPS) is 10.6. The SMILES string of the molecule is COc1ccccc1-c1nn(-c2ccccc2)cc1C(=O)Nc1cccc(CN(C)C(C)=O)c1. The van der Waals surface area contributed by atoms with Crippen LogP contribution in [0.1, 0.15) is 22.8 Å². The summed E-state index contributed by atoms with van der Waals surface area (Å²) in [7, 11) is 3.33. The second-order valence-electron chi connectivity index (χ2n) is 7.90. The molecular weight excluding hydrogens is 428 g/mol. The number of aromatic nitrogens is 2. The highest BCUT2D eigenvalue weighted by atomic mass is 16.5. The van der Waals surface area contributed by atoms with Crippen LogP contribution in [0, 0.1) is 0 Å². The van der Waals surface area contributed by atoms with Gasteiger partial charge in [0.05, 0.1) is 18.4 Å². The Hall–Kier alpha value is -4.39. The molecule has 0 unspecified atom stereocenters. The maximum atomic E-state index is 13.4. The van der Waals surface area contributed by atoms with E-state index in [1.807, 2.05) is 78.9 Å². The molecule has 0 spiro atoms. The summed E-state index contributed by atoms with van der Waals surface area (Å²) in [6, 6.07) is 24.6. The first-order valence-corrected chi connectivity index (χ1v) is 10.9. The molecule has 172 valence electrons. The van der Waals surface area contributed by atoms with Gasteiger partial charge in [0.2, 0.25) is 5.91 Å². The predicted octanol–water partition coefficient (Wildman–Crippen LogP) is 4.78. The predicted molar refractivity (Wildman–Crippen MR) is 132 cm³/mol. The largest absolute Gasteiger partial charge is 0.496 e. The molecule has 7 heteroatoms. The topological polar surface area (TPSA) is 76.5 Å². The van der Waals surface area contributed by atoms with E-state index in [1.165, 1.54) is 6.92 Å². The zero-order chi connectivity index (χ0) is 24.1. The number of amides is 2. The van der Waals surface area contributed by atoms with Crippen LogP contribution in [0.3, 0.4) is 0 Å². The van der Waals surface area contributed by atoms with Gasteiger partial charge < -0.3 is 15.0 Å². The lowest BCUT2D eigenvalue weighted by atomic mass is 10.1. The minimum atomic E-state index is -0.292. The molecule has 7 nitrogen and oxygen atoms in total. The van der Waals surface area contributed by atoms with Crippen LogP contribution in [0.25, 0.3) is 16.9 Å². The Morgan fingerprint density at radius 2 is 1.74 bits per heavy atom. The van der Waals surface area contributed by atoms with E-state index in [2.05, 4.69) is 5.32 Å². The number of carbonyl (C=O) groups excluding carboxylic acids is 2. The van der Waals surface area contributed by atoms with Crippen molar-refractivity contribution >= 4 is 17.5 Å². The molecule has 0 atom stereocenters. The Morgan fingerprint density at radius 3 is 2.47 bits per heavy atom. The van der Waals surface area contributed by atoms with Gasteiger partial charge in [-0.2, -0.15) is 5.10 Å². The zero-order valence-electron chi connectivity index (χ0n) is 19.4. The summed E-state index contributed by atoms with van der Waals surface area (Å²) in [6.07, 6.45) is 1.72. The Labute approximate surface area is 198 Å². The highest BCUT2D eigenvalue weighted by Gasteiger charge is 2.21. The number of para-hydroxylation sites is 2. The average molecular weight is 455 g/mol. The molecule has 1 aromatic heterocycles. The van der Waals surface area contributed by atoms with Crippen LogP contribution in [0.4, 0.5) is 5.69 Å². The van der Waals surface area contributed by atoms with Crippen LogP contribution in [0.15, 0.2) is 85.1 Å². The van der Waals surface area contributed by atoms with Gasteiger partial charge in [0.15, 0.2) is 0 Å². The monoisotopic (exact) mass is 454 g/mol. The van der Waals surface area contributed by atoms with Crippen molar-refractivity contribution in [2.75, 3.05) is 19.5 Å². The van der Waals surface area contributed by atoms with Gasteiger partial charge in [0, 0.05) is 38.0 Å². The van der Waals surface area contributed by atoms with Gasteiger partial charge in [-0.05, 0) is 42.0 Å². The number of hydrogen-bond acceptors (Lipinski definition) is 4. The molecule has 1 N–H and O–H groups in total. The first kappa shape index (κ1) is 22.8. The number of nitrogens with one attached hydrogen (secondary N) is 1. The molecule has 0 radical (unpaired) electrons. The Morgan fingerprint density at radius 1 is 1.00 bits per heavy atom. The molecule has 3 aromatic carbocycles. The molecule has 4 aromatic rings. The Balaban J connectivity index is 1.70. The molecule has 0 saturated carbocycles. The van der Waals surface area contributed by atoms with Gasteiger partial charge in [0.25, 0.3) is 5.91 Å². The molecule has 0 aliphatic rings. The van der Waals surface area contributed by atoms with E-state index in [0.29, 0.717) is 29.2 Å². The lowest BCUT2D eigenvalue weighted by Crippen LogP contribution is -2.23. The molecule has 0 fully saturated rings. The molecule has 1 heterocycles. The minimum Gasteiger partial charge on any atom is -0.496 e. The van der Waals surface area contributed by atoms with E-state index in [4.69, 9.17) is 9.84 Å². The zero-order valence-corrected chi connectivity index (χ0v) is 19.4. The maximum Gasteiger partial charge on any atom is 0.259 e. The number of anilines is 1. The van der Waals surface area contributed by atoms with Crippen molar-refractivity contribution in [2.45, 2.75) is 13.5 Å². The number of hydrogen-bond donors (Lipinski definition) is 1. The molecule has 0 aliphatic heterocycles. The summed E-state index contributed by atoms with van der Waals surface area (Å²) >= 11 is 0. The first-order chi connectivity index (χ1) is 16.5. The lowest BCUT2D eigenvalue weighted by Gasteiger charge is -2.15. The standard InChI is InChI=1S/C27H26N4O3/c1-19(32)30(2)17-20-10-9-11-21(16-20)28-27(33)24-18-31(22-12-5-4-6-13-22)29-26(24)23-14-7-8-15-25(23)34-3/h4-16,18H,17H2,1-3H3,(H,28,33). The van der Waals surface area contributed by atoms with Crippen molar-refractivity contribution in [2.24, 2.45) is 0 Å². The van der Waals surface area contributed by atoms with Crippen LogP contribution in [0.5, 0.6) is 5.75 Å². The second kappa shape index (κ2) is 10.0. The van der Waals surface area contributed by atoms with Crippen LogP contribution < -0.4 is 10.1 Å². The van der Waals surface area contributed by atoms with Gasteiger partial charge >= 0.3 is 0 Å². The average Bonchev–Trinajstić information content (AvgIpc) is 3.30. The third-order valence-corrected chi connectivity index (χ3v) is 5.48. The summed E-state index contributed by atoms with van der Waals surface area (Å²) in [4.78, 5) is 26.6. The summed E-state index contributed by atoms with van der Waals surface area (Å²) in [5.74, 6) is 0.313. The summed E-state index contributed by atoms with van der Waals surface area (Å²) < 4.78 is 7.22. The quantitative estimate of drug-likeness (QED) is 0.436. The van der Waals surface area contributed by atoms with E-state index in [-0.39, 0.29) is 11.8 Å². The van der Waals surface area contributed by atoms with Crippen molar-refractivity contribution in [3.05, 3.63) is 96.2 Å². The first-order valence-electron chi connectivity index (χ1n) is 10.9. The summed E-state index contributed by atoms with van der Waals surface area (Å²) in [5, 5.41) is 7.71. The van der Waals surface area contributed by atoms with E-state index in [0.717, 1.165) is 16.8 Å². The number of benzene rings is 3. The van der Waals surface area contributed by atoms with Crippen LogP contribution in [-0.4, -0.2) is 40.7 Å². The van der Waals surface area contributed by atoms with Gasteiger partial charge in [-0.15, -0.1) is 0 Å². The van der Waals surface area contributed by atoms with Gasteiger partial charge in [-0.25, -0.2) is 4.68 Å². The molecule has 0 saturated heterocycles. The molecule has 4 rings (SSSR count). The van der Waals surface area contributed by atoms with E-state index >= 15 is 0 Å². The lowest BCUT2D eigenvalue weighted by molar-refractivity contribution is -0.128. The number of ether oxygens (including phenoxy) is 1. The molecule has 34 heavy (non-hydrogen) atoms. The fraction of sp³-hybridized carbons (Fsp3) is 0.148. The summed E-state index contributed by atoms with van der Waals surface area (Å²) in [6.45, 7) is 1.98. The third kappa shape index (κ3) is 4.99. The van der Waals surface area contributed by atoms with E-state index in [1.54, 1.807) is 29.9 Å². The Kier molecular flexibility index (Phi) is 6.73. The van der Waals surface area contributed by atoms with Gasteiger partial charge in [-0.3, -0.25) is 9.59 Å².